The van der Waals surface area contributed by atoms with Crippen molar-refractivity contribution in [1.82, 2.24) is 5.32 Å². The summed E-state index contributed by atoms with van der Waals surface area (Å²) in [6, 6.07) is 6.40. The van der Waals surface area contributed by atoms with Crippen LogP contribution in [0.5, 0.6) is 5.75 Å². The van der Waals surface area contributed by atoms with E-state index in [2.05, 4.69) is 11.4 Å². The number of nitrogens with one attached hydrogen (secondary N) is 1. The van der Waals surface area contributed by atoms with Crippen LogP contribution in [0.1, 0.15) is 49.3 Å². The minimum absolute atomic E-state index is 0.470. The third kappa shape index (κ3) is 2.19. The monoisotopic (exact) mass is 231 g/mol. The molecule has 0 aliphatic heterocycles. The lowest BCUT2D eigenvalue weighted by atomic mass is 10.1. The van der Waals surface area contributed by atoms with Gasteiger partial charge in [0, 0.05) is 6.04 Å². The van der Waals surface area contributed by atoms with Crippen molar-refractivity contribution in [3.8, 4) is 5.75 Å². The summed E-state index contributed by atoms with van der Waals surface area (Å²) in [5.74, 6) is 1.36. The molecular weight excluding hydrogens is 210 g/mol. The van der Waals surface area contributed by atoms with E-state index in [-0.39, 0.29) is 0 Å². The highest BCUT2D eigenvalue weighted by Gasteiger charge is 2.25. The summed E-state index contributed by atoms with van der Waals surface area (Å²) in [5, 5.41) is 13.5. The maximum atomic E-state index is 9.80. The molecule has 1 fully saturated rings. The Hall–Kier alpha value is -1.02. The molecule has 0 saturated heterocycles. The minimum atomic E-state index is 0.470. The molecule has 1 aromatic carbocycles. The third-order valence-corrected chi connectivity index (χ3v) is 4.37. The van der Waals surface area contributed by atoms with Gasteiger partial charge < -0.3 is 10.4 Å². The van der Waals surface area contributed by atoms with Crippen LogP contribution in [0.2, 0.25) is 0 Å². The largest absolute Gasteiger partial charge is 0.508 e. The Bertz CT molecular complexity index is 396. The zero-order chi connectivity index (χ0) is 11.7. The number of hydrogen-bond donors (Lipinski definition) is 2. The average Bonchev–Trinajstić information content (AvgIpc) is 2.95. The van der Waals surface area contributed by atoms with E-state index in [1.807, 2.05) is 6.07 Å². The molecule has 0 radical (unpaired) electrons. The Kier molecular flexibility index (Phi) is 3.06. The van der Waals surface area contributed by atoms with E-state index >= 15 is 0 Å². The van der Waals surface area contributed by atoms with Crippen molar-refractivity contribution >= 4 is 0 Å². The predicted molar refractivity (Wildman–Crippen MR) is 69.1 cm³/mol. The molecule has 2 heteroatoms. The van der Waals surface area contributed by atoms with Gasteiger partial charge in [-0.3, -0.25) is 0 Å². The van der Waals surface area contributed by atoms with E-state index in [0.717, 1.165) is 30.9 Å². The molecule has 2 N–H and O–H groups in total. The normalized spacial score (nSPS) is 24.1. The number of phenols is 1. The lowest BCUT2D eigenvalue weighted by molar-refractivity contribution is 0.436. The smallest absolute Gasteiger partial charge is 0.119 e. The zero-order valence-electron chi connectivity index (χ0n) is 10.3. The lowest BCUT2D eigenvalue weighted by Gasteiger charge is -2.17. The standard InChI is InChI=1S/C15H21NO/c17-15-7-3-6-12-13(15)8-9-14(12)16-10-11-4-1-2-5-11/h3,6-7,11,14,16-17H,1-2,4-5,8-10H2. The molecule has 0 spiro atoms. The van der Waals surface area contributed by atoms with E-state index in [1.54, 1.807) is 6.07 Å². The highest BCUT2D eigenvalue weighted by Crippen LogP contribution is 2.36. The van der Waals surface area contributed by atoms with Gasteiger partial charge >= 0.3 is 0 Å². The molecule has 2 nitrogen and oxygen atoms in total. The summed E-state index contributed by atoms with van der Waals surface area (Å²) in [4.78, 5) is 0. The van der Waals surface area contributed by atoms with Gasteiger partial charge in [-0.05, 0) is 55.3 Å². The second-order valence-electron chi connectivity index (χ2n) is 5.49. The van der Waals surface area contributed by atoms with Crippen LogP contribution in [0.3, 0.4) is 0 Å². The Morgan fingerprint density at radius 1 is 1.18 bits per heavy atom. The Morgan fingerprint density at radius 3 is 2.82 bits per heavy atom. The highest BCUT2D eigenvalue weighted by atomic mass is 16.3. The van der Waals surface area contributed by atoms with Crippen molar-refractivity contribution < 1.29 is 5.11 Å². The van der Waals surface area contributed by atoms with Gasteiger partial charge in [-0.15, -0.1) is 0 Å². The zero-order valence-corrected chi connectivity index (χ0v) is 10.3. The number of fused-ring (bicyclic) bond motifs is 1. The van der Waals surface area contributed by atoms with Crippen molar-refractivity contribution in [3.63, 3.8) is 0 Å². The molecule has 1 aromatic rings. The lowest BCUT2D eigenvalue weighted by Crippen LogP contribution is -2.24. The van der Waals surface area contributed by atoms with Gasteiger partial charge in [-0.1, -0.05) is 25.0 Å². The van der Waals surface area contributed by atoms with E-state index in [9.17, 15) is 5.11 Å². The first-order valence-electron chi connectivity index (χ1n) is 6.89. The first-order valence-corrected chi connectivity index (χ1v) is 6.89. The number of benzene rings is 1. The molecule has 1 unspecified atom stereocenters. The summed E-state index contributed by atoms with van der Waals surface area (Å²) < 4.78 is 0. The van der Waals surface area contributed by atoms with Crippen LogP contribution in [0.15, 0.2) is 18.2 Å². The van der Waals surface area contributed by atoms with E-state index in [1.165, 1.54) is 31.2 Å². The molecule has 3 rings (SSSR count). The summed E-state index contributed by atoms with van der Waals surface area (Å²) in [7, 11) is 0. The Morgan fingerprint density at radius 2 is 2.00 bits per heavy atom. The van der Waals surface area contributed by atoms with E-state index in [4.69, 9.17) is 0 Å². The fourth-order valence-corrected chi connectivity index (χ4v) is 3.37. The molecule has 92 valence electrons. The van der Waals surface area contributed by atoms with Crippen molar-refractivity contribution in [2.45, 2.75) is 44.6 Å². The summed E-state index contributed by atoms with van der Waals surface area (Å²) in [6.45, 7) is 1.15. The van der Waals surface area contributed by atoms with E-state index < -0.39 is 0 Å². The molecule has 0 bridgehead atoms. The molecule has 0 amide bonds. The first-order chi connectivity index (χ1) is 8.34. The number of phenolic OH excluding ortho intramolecular Hbond substituents is 1. The molecule has 2 aliphatic carbocycles. The van der Waals surface area contributed by atoms with Crippen molar-refractivity contribution in [2.75, 3.05) is 6.54 Å². The SMILES string of the molecule is Oc1cccc2c1CCC2NCC1CCCC1. The van der Waals surface area contributed by atoms with Gasteiger partial charge in [-0.25, -0.2) is 0 Å². The van der Waals surface area contributed by atoms with Gasteiger partial charge in [0.15, 0.2) is 0 Å². The second-order valence-corrected chi connectivity index (χ2v) is 5.49. The van der Waals surface area contributed by atoms with Crippen LogP contribution in [-0.4, -0.2) is 11.7 Å². The summed E-state index contributed by atoms with van der Waals surface area (Å²) in [5.41, 5.74) is 2.49. The van der Waals surface area contributed by atoms with Gasteiger partial charge in [-0.2, -0.15) is 0 Å². The minimum Gasteiger partial charge on any atom is -0.508 e. The molecule has 1 atom stereocenters. The molecule has 17 heavy (non-hydrogen) atoms. The highest BCUT2D eigenvalue weighted by molar-refractivity contribution is 5.44. The number of aromatic hydroxyl groups is 1. The Labute approximate surface area is 103 Å². The van der Waals surface area contributed by atoms with Gasteiger partial charge in [0.1, 0.15) is 5.75 Å². The third-order valence-electron chi connectivity index (χ3n) is 4.37. The summed E-state index contributed by atoms with van der Waals surface area (Å²) >= 11 is 0. The number of rotatable bonds is 3. The van der Waals surface area contributed by atoms with Crippen molar-refractivity contribution in [3.05, 3.63) is 29.3 Å². The van der Waals surface area contributed by atoms with Crippen LogP contribution in [0.4, 0.5) is 0 Å². The second kappa shape index (κ2) is 4.69. The van der Waals surface area contributed by atoms with Crippen LogP contribution in [0, 0.1) is 5.92 Å². The quantitative estimate of drug-likeness (QED) is 0.837. The van der Waals surface area contributed by atoms with Gasteiger partial charge in [0.2, 0.25) is 0 Å². The van der Waals surface area contributed by atoms with Crippen LogP contribution >= 0.6 is 0 Å². The van der Waals surface area contributed by atoms with Crippen molar-refractivity contribution in [2.24, 2.45) is 5.92 Å². The summed E-state index contributed by atoms with van der Waals surface area (Å²) in [6.07, 6.45) is 7.77. The molecule has 0 aromatic heterocycles. The fourth-order valence-electron chi connectivity index (χ4n) is 3.37. The topological polar surface area (TPSA) is 32.3 Å². The molecule has 1 saturated carbocycles. The van der Waals surface area contributed by atoms with E-state index in [0.29, 0.717) is 11.8 Å². The Balaban J connectivity index is 1.65. The number of hydrogen-bond acceptors (Lipinski definition) is 2. The molecule has 0 heterocycles. The fraction of sp³-hybridized carbons (Fsp3) is 0.600. The molecular formula is C15H21NO. The first kappa shape index (κ1) is 11.1. The molecule has 2 aliphatic rings. The average molecular weight is 231 g/mol. The maximum absolute atomic E-state index is 9.80. The van der Waals surface area contributed by atoms with Crippen LogP contribution in [-0.2, 0) is 6.42 Å². The van der Waals surface area contributed by atoms with Crippen molar-refractivity contribution in [1.29, 1.82) is 0 Å². The predicted octanol–water partition coefficient (Wildman–Crippen LogP) is 3.16. The maximum Gasteiger partial charge on any atom is 0.119 e. The van der Waals surface area contributed by atoms with Gasteiger partial charge in [0.05, 0.1) is 0 Å². The van der Waals surface area contributed by atoms with Crippen LogP contribution < -0.4 is 5.32 Å². The van der Waals surface area contributed by atoms with Crippen LogP contribution in [0.25, 0.3) is 0 Å². The van der Waals surface area contributed by atoms with Gasteiger partial charge in [0.25, 0.3) is 0 Å².